The van der Waals surface area contributed by atoms with Crippen LogP contribution in [0.15, 0.2) is 71.3 Å². The second-order valence-electron chi connectivity index (χ2n) is 6.02. The molecule has 3 N–H and O–H groups in total. The average molecular weight is 408 g/mol. The molecule has 0 bridgehead atoms. The predicted octanol–water partition coefficient (Wildman–Crippen LogP) is 3.46. The monoisotopic (exact) mass is 407 g/mol. The van der Waals surface area contributed by atoms with Gasteiger partial charge in [-0.25, -0.2) is 0 Å². The Morgan fingerprint density at radius 2 is 1.62 bits per heavy atom. The molecule has 144 valence electrons. The van der Waals surface area contributed by atoms with E-state index in [-0.39, 0.29) is 11.4 Å². The third kappa shape index (κ3) is 4.17. The van der Waals surface area contributed by atoms with Crippen LogP contribution in [0.1, 0.15) is 21.0 Å². The lowest BCUT2D eigenvalue weighted by atomic mass is 10.1. The lowest BCUT2D eigenvalue weighted by Crippen LogP contribution is -2.41. The Bertz CT molecular complexity index is 1150. The van der Waals surface area contributed by atoms with Gasteiger partial charge in [-0.1, -0.05) is 47.1 Å². The number of hydrazine groups is 1. The summed E-state index contributed by atoms with van der Waals surface area (Å²) >= 11 is 5.85. The number of hydrogen-bond donors (Lipinski definition) is 3. The smallest absolute Gasteiger partial charge is 0.291 e. The van der Waals surface area contributed by atoms with E-state index >= 15 is 0 Å². The normalized spacial score (nSPS) is 10.5. The Labute approximate surface area is 169 Å². The number of H-pyrrole nitrogens is 1. The number of hydrogen-bond acceptors (Lipinski definition) is 5. The molecule has 9 heteroatoms. The highest BCUT2D eigenvalue weighted by Gasteiger charge is 2.16. The number of aromatic amines is 1. The third-order valence-electron chi connectivity index (χ3n) is 4.05. The Morgan fingerprint density at radius 1 is 0.897 bits per heavy atom. The van der Waals surface area contributed by atoms with Crippen molar-refractivity contribution in [2.45, 2.75) is 0 Å². The maximum atomic E-state index is 12.2. The van der Waals surface area contributed by atoms with E-state index in [1.54, 1.807) is 30.3 Å². The molecule has 4 aromatic rings. The highest BCUT2D eigenvalue weighted by Crippen LogP contribution is 2.22. The van der Waals surface area contributed by atoms with Gasteiger partial charge in [-0.3, -0.25) is 25.5 Å². The zero-order valence-corrected chi connectivity index (χ0v) is 15.6. The molecule has 0 aliphatic rings. The van der Waals surface area contributed by atoms with Crippen molar-refractivity contribution in [3.8, 4) is 22.6 Å². The second kappa shape index (κ2) is 7.99. The summed E-state index contributed by atoms with van der Waals surface area (Å²) in [5, 5.41) is 11.0. The van der Waals surface area contributed by atoms with Gasteiger partial charge in [0.25, 0.3) is 11.8 Å². The van der Waals surface area contributed by atoms with Crippen molar-refractivity contribution in [3.05, 3.63) is 83.1 Å². The van der Waals surface area contributed by atoms with Gasteiger partial charge in [-0.15, -0.1) is 0 Å². The number of halogens is 1. The van der Waals surface area contributed by atoms with Gasteiger partial charge in [0.15, 0.2) is 11.5 Å². The summed E-state index contributed by atoms with van der Waals surface area (Å²) in [5.41, 5.74) is 7.02. The predicted molar refractivity (Wildman–Crippen MR) is 106 cm³/mol. The van der Waals surface area contributed by atoms with Crippen LogP contribution >= 0.6 is 11.6 Å². The molecule has 2 heterocycles. The molecule has 0 atom stereocenters. The molecule has 2 aromatic carbocycles. The fraction of sp³-hybridized carbons (Fsp3) is 0. The number of nitrogens with one attached hydrogen (secondary N) is 3. The molecular formula is C20H14ClN5O3. The zero-order chi connectivity index (χ0) is 20.2. The van der Waals surface area contributed by atoms with Crippen molar-refractivity contribution in [2.75, 3.05) is 0 Å². The van der Waals surface area contributed by atoms with Gasteiger partial charge in [0.05, 0.1) is 5.69 Å². The highest BCUT2D eigenvalue weighted by molar-refractivity contribution is 6.30. The number of nitrogens with zero attached hydrogens (tertiary/aromatic N) is 2. The van der Waals surface area contributed by atoms with Crippen LogP contribution < -0.4 is 10.9 Å². The minimum absolute atomic E-state index is 0.0184. The highest BCUT2D eigenvalue weighted by atomic mass is 35.5. The lowest BCUT2D eigenvalue weighted by molar-refractivity contribution is 0.0839. The number of aromatic nitrogens is 3. The second-order valence-corrected chi connectivity index (χ2v) is 6.46. The number of carbonyl (C=O) groups is 2. The topological polar surface area (TPSA) is 113 Å². The molecule has 0 aliphatic heterocycles. The molecule has 8 nitrogen and oxygen atoms in total. The summed E-state index contributed by atoms with van der Waals surface area (Å²) < 4.78 is 5.17. The summed E-state index contributed by atoms with van der Waals surface area (Å²) in [4.78, 5) is 24.4. The number of rotatable bonds is 4. The molecule has 29 heavy (non-hydrogen) atoms. The Kier molecular flexibility index (Phi) is 5.08. The van der Waals surface area contributed by atoms with Crippen LogP contribution in [-0.2, 0) is 0 Å². The SMILES string of the molecule is O=C(NNC(=O)c1cc(-c2ccccc2)n[nH]1)c1cc(-c2ccc(Cl)cc2)on1. The molecule has 0 unspecified atom stereocenters. The molecule has 4 rings (SSSR count). The molecule has 0 aliphatic carbocycles. The molecular weight excluding hydrogens is 394 g/mol. The minimum atomic E-state index is -0.620. The first-order valence-electron chi connectivity index (χ1n) is 8.54. The van der Waals surface area contributed by atoms with Crippen LogP contribution in [0.4, 0.5) is 0 Å². The van der Waals surface area contributed by atoms with Crippen LogP contribution in [0.3, 0.4) is 0 Å². The molecule has 2 amide bonds. The molecule has 0 spiro atoms. The molecule has 0 saturated carbocycles. The van der Waals surface area contributed by atoms with E-state index in [2.05, 4.69) is 26.2 Å². The van der Waals surface area contributed by atoms with Crippen LogP contribution in [-0.4, -0.2) is 27.2 Å². The molecule has 0 radical (unpaired) electrons. The molecule has 0 saturated heterocycles. The summed E-state index contributed by atoms with van der Waals surface area (Å²) in [6.45, 7) is 0. The van der Waals surface area contributed by atoms with Crippen molar-refractivity contribution in [2.24, 2.45) is 0 Å². The van der Waals surface area contributed by atoms with E-state index in [4.69, 9.17) is 16.1 Å². The van der Waals surface area contributed by atoms with Gasteiger partial charge < -0.3 is 4.52 Å². The standard InChI is InChI=1S/C20H14ClN5O3/c21-14-8-6-13(7-9-14)18-11-17(26-29-18)20(28)25-24-19(27)16-10-15(22-23-16)12-4-2-1-3-5-12/h1-11H,(H,22,23)(H,24,27)(H,25,28). The van der Waals surface area contributed by atoms with E-state index in [0.29, 0.717) is 16.5 Å². The van der Waals surface area contributed by atoms with Crippen molar-refractivity contribution in [1.29, 1.82) is 0 Å². The van der Waals surface area contributed by atoms with E-state index in [1.807, 2.05) is 30.3 Å². The third-order valence-corrected chi connectivity index (χ3v) is 4.31. The van der Waals surface area contributed by atoms with Gasteiger partial charge >= 0.3 is 0 Å². The Balaban J connectivity index is 1.38. The lowest BCUT2D eigenvalue weighted by Gasteiger charge is -2.03. The fourth-order valence-electron chi connectivity index (χ4n) is 2.57. The van der Waals surface area contributed by atoms with Gasteiger partial charge in [0.2, 0.25) is 0 Å². The van der Waals surface area contributed by atoms with Gasteiger partial charge in [-0.05, 0) is 30.3 Å². The van der Waals surface area contributed by atoms with Crippen molar-refractivity contribution < 1.29 is 14.1 Å². The summed E-state index contributed by atoms with van der Waals surface area (Å²) in [6.07, 6.45) is 0. The van der Waals surface area contributed by atoms with Crippen molar-refractivity contribution in [1.82, 2.24) is 26.2 Å². The number of carbonyl (C=O) groups excluding carboxylic acids is 2. The van der Waals surface area contributed by atoms with Crippen LogP contribution in [0, 0.1) is 0 Å². The molecule has 2 aromatic heterocycles. The van der Waals surface area contributed by atoms with E-state index < -0.39 is 11.8 Å². The Hall–Kier alpha value is -3.91. The first-order chi connectivity index (χ1) is 14.1. The molecule has 0 fully saturated rings. The van der Waals surface area contributed by atoms with Crippen molar-refractivity contribution in [3.63, 3.8) is 0 Å². The number of amides is 2. The van der Waals surface area contributed by atoms with E-state index in [1.165, 1.54) is 6.07 Å². The van der Waals surface area contributed by atoms with Crippen LogP contribution in [0.25, 0.3) is 22.6 Å². The first kappa shape index (κ1) is 18.5. The summed E-state index contributed by atoms with van der Waals surface area (Å²) in [5.74, 6) is -0.765. The summed E-state index contributed by atoms with van der Waals surface area (Å²) in [7, 11) is 0. The van der Waals surface area contributed by atoms with E-state index in [0.717, 1.165) is 11.1 Å². The van der Waals surface area contributed by atoms with Gasteiger partial charge in [-0.2, -0.15) is 5.10 Å². The number of benzene rings is 2. The average Bonchev–Trinajstić information content (AvgIpc) is 3.43. The maximum absolute atomic E-state index is 12.2. The zero-order valence-electron chi connectivity index (χ0n) is 14.8. The van der Waals surface area contributed by atoms with Crippen molar-refractivity contribution >= 4 is 23.4 Å². The largest absolute Gasteiger partial charge is 0.355 e. The fourth-order valence-corrected chi connectivity index (χ4v) is 2.70. The first-order valence-corrected chi connectivity index (χ1v) is 8.92. The van der Waals surface area contributed by atoms with Gasteiger partial charge in [0, 0.05) is 22.2 Å². The van der Waals surface area contributed by atoms with Gasteiger partial charge in [0.1, 0.15) is 5.69 Å². The van der Waals surface area contributed by atoms with E-state index in [9.17, 15) is 9.59 Å². The summed E-state index contributed by atoms with van der Waals surface area (Å²) in [6, 6.07) is 19.3. The quantitative estimate of drug-likeness (QED) is 0.448. The minimum Gasteiger partial charge on any atom is -0.355 e. The van der Waals surface area contributed by atoms with Crippen LogP contribution in [0.5, 0.6) is 0 Å². The van der Waals surface area contributed by atoms with Crippen LogP contribution in [0.2, 0.25) is 5.02 Å². The Morgan fingerprint density at radius 3 is 2.38 bits per heavy atom. The maximum Gasteiger partial charge on any atom is 0.291 e.